The summed E-state index contributed by atoms with van der Waals surface area (Å²) in [5.41, 5.74) is 1.71. The Morgan fingerprint density at radius 1 is 1.00 bits per heavy atom. The lowest BCUT2D eigenvalue weighted by atomic mass is 10.1. The second kappa shape index (κ2) is 5.69. The van der Waals surface area contributed by atoms with Gasteiger partial charge in [-0.1, -0.05) is 46.3 Å². The molecule has 4 heteroatoms. The van der Waals surface area contributed by atoms with Crippen LogP contribution in [0.15, 0.2) is 65.3 Å². The lowest BCUT2D eigenvalue weighted by Gasteiger charge is -1.97. The van der Waals surface area contributed by atoms with E-state index in [1.54, 1.807) is 6.20 Å². The SMILES string of the molecule is O=C(c1ccc(Br)cc1)c1cnc(-c2ccccc2)s1. The van der Waals surface area contributed by atoms with Gasteiger partial charge in [0, 0.05) is 21.8 Å². The molecule has 0 atom stereocenters. The summed E-state index contributed by atoms with van der Waals surface area (Å²) in [5.74, 6) is 0.0113. The van der Waals surface area contributed by atoms with E-state index in [-0.39, 0.29) is 5.78 Å². The molecule has 20 heavy (non-hydrogen) atoms. The maximum atomic E-state index is 12.4. The van der Waals surface area contributed by atoms with Gasteiger partial charge in [0.2, 0.25) is 5.78 Å². The van der Waals surface area contributed by atoms with Crippen LogP contribution in [-0.2, 0) is 0 Å². The second-order valence-corrected chi connectivity index (χ2v) is 6.18. The first kappa shape index (κ1) is 13.2. The van der Waals surface area contributed by atoms with Gasteiger partial charge in [0.1, 0.15) is 5.01 Å². The molecule has 3 aromatic rings. The molecule has 0 bridgehead atoms. The van der Waals surface area contributed by atoms with Crippen molar-refractivity contribution in [2.24, 2.45) is 0 Å². The average molecular weight is 344 g/mol. The standard InChI is InChI=1S/C16H10BrNOS/c17-13-8-6-11(7-9-13)15(19)14-10-18-16(20-14)12-4-2-1-3-5-12/h1-10H. The number of ketones is 1. The summed E-state index contributed by atoms with van der Waals surface area (Å²) < 4.78 is 0.961. The lowest BCUT2D eigenvalue weighted by molar-refractivity contribution is 0.104. The van der Waals surface area contributed by atoms with E-state index in [4.69, 9.17) is 0 Å². The highest BCUT2D eigenvalue weighted by Gasteiger charge is 2.13. The van der Waals surface area contributed by atoms with Crippen molar-refractivity contribution in [1.29, 1.82) is 0 Å². The van der Waals surface area contributed by atoms with E-state index in [0.29, 0.717) is 10.4 Å². The minimum Gasteiger partial charge on any atom is -0.288 e. The van der Waals surface area contributed by atoms with Crippen LogP contribution in [0, 0.1) is 0 Å². The van der Waals surface area contributed by atoms with Crippen molar-refractivity contribution in [2.75, 3.05) is 0 Å². The smallest absolute Gasteiger partial charge is 0.204 e. The zero-order valence-corrected chi connectivity index (χ0v) is 12.8. The molecule has 0 amide bonds. The molecule has 2 nitrogen and oxygen atoms in total. The van der Waals surface area contributed by atoms with Crippen LogP contribution in [-0.4, -0.2) is 10.8 Å². The fraction of sp³-hybridized carbons (Fsp3) is 0. The van der Waals surface area contributed by atoms with E-state index < -0.39 is 0 Å². The Kier molecular flexibility index (Phi) is 3.76. The van der Waals surface area contributed by atoms with Gasteiger partial charge < -0.3 is 0 Å². The number of hydrogen-bond donors (Lipinski definition) is 0. The number of rotatable bonds is 3. The van der Waals surface area contributed by atoms with Crippen LogP contribution in [0.5, 0.6) is 0 Å². The molecular weight excluding hydrogens is 334 g/mol. The third kappa shape index (κ3) is 2.71. The van der Waals surface area contributed by atoms with Crippen molar-refractivity contribution < 1.29 is 4.79 Å². The van der Waals surface area contributed by atoms with Crippen LogP contribution < -0.4 is 0 Å². The van der Waals surface area contributed by atoms with E-state index in [0.717, 1.165) is 15.0 Å². The van der Waals surface area contributed by atoms with E-state index in [9.17, 15) is 4.79 Å². The number of aromatic nitrogens is 1. The van der Waals surface area contributed by atoms with E-state index >= 15 is 0 Å². The van der Waals surface area contributed by atoms with Crippen molar-refractivity contribution in [2.45, 2.75) is 0 Å². The zero-order valence-electron chi connectivity index (χ0n) is 10.4. The minimum absolute atomic E-state index is 0.0113. The molecule has 2 aromatic carbocycles. The number of halogens is 1. The normalized spacial score (nSPS) is 10.4. The molecule has 0 spiro atoms. The number of hydrogen-bond acceptors (Lipinski definition) is 3. The van der Waals surface area contributed by atoms with Crippen LogP contribution in [0.2, 0.25) is 0 Å². The van der Waals surface area contributed by atoms with Gasteiger partial charge in [-0.3, -0.25) is 4.79 Å². The Balaban J connectivity index is 1.90. The van der Waals surface area contributed by atoms with E-state index in [2.05, 4.69) is 20.9 Å². The molecule has 0 aliphatic carbocycles. The Hall–Kier alpha value is -1.78. The fourth-order valence-electron chi connectivity index (χ4n) is 1.84. The maximum absolute atomic E-state index is 12.4. The van der Waals surface area contributed by atoms with Crippen LogP contribution >= 0.6 is 27.3 Å². The summed E-state index contributed by atoms with van der Waals surface area (Å²) >= 11 is 4.79. The van der Waals surface area contributed by atoms with Gasteiger partial charge in [-0.2, -0.15) is 0 Å². The van der Waals surface area contributed by atoms with Crippen LogP contribution in [0.3, 0.4) is 0 Å². The Bertz CT molecular complexity index is 735. The van der Waals surface area contributed by atoms with Gasteiger partial charge in [0.15, 0.2) is 0 Å². The molecular formula is C16H10BrNOS. The van der Waals surface area contributed by atoms with Crippen molar-refractivity contribution in [3.8, 4) is 10.6 Å². The first-order valence-corrected chi connectivity index (χ1v) is 7.66. The molecule has 0 aliphatic heterocycles. The molecule has 0 fully saturated rings. The molecule has 98 valence electrons. The second-order valence-electron chi connectivity index (χ2n) is 4.23. The first-order chi connectivity index (χ1) is 9.74. The molecule has 0 saturated carbocycles. The highest BCUT2D eigenvalue weighted by molar-refractivity contribution is 9.10. The summed E-state index contributed by atoms with van der Waals surface area (Å²) in [4.78, 5) is 17.4. The number of carbonyl (C=O) groups excluding carboxylic acids is 1. The predicted octanol–water partition coefficient (Wildman–Crippen LogP) is 4.80. The Labute approximate surface area is 129 Å². The molecule has 0 aliphatic rings. The first-order valence-electron chi connectivity index (χ1n) is 6.05. The maximum Gasteiger partial charge on any atom is 0.204 e. The van der Waals surface area contributed by atoms with Gasteiger partial charge in [0.05, 0.1) is 4.88 Å². The number of nitrogens with zero attached hydrogens (tertiary/aromatic N) is 1. The largest absolute Gasteiger partial charge is 0.288 e. The molecule has 0 radical (unpaired) electrons. The van der Waals surface area contributed by atoms with E-state index in [1.807, 2.05) is 54.6 Å². The van der Waals surface area contributed by atoms with Gasteiger partial charge in [-0.15, -0.1) is 11.3 Å². The van der Waals surface area contributed by atoms with Crippen LogP contribution in [0.1, 0.15) is 15.2 Å². The summed E-state index contributed by atoms with van der Waals surface area (Å²) in [6, 6.07) is 17.2. The Morgan fingerprint density at radius 3 is 2.40 bits per heavy atom. The third-order valence-electron chi connectivity index (χ3n) is 2.86. The quantitative estimate of drug-likeness (QED) is 0.639. The topological polar surface area (TPSA) is 30.0 Å². The molecule has 0 unspecified atom stereocenters. The number of benzene rings is 2. The van der Waals surface area contributed by atoms with Crippen molar-refractivity contribution >= 4 is 33.0 Å². The zero-order chi connectivity index (χ0) is 13.9. The molecule has 1 aromatic heterocycles. The van der Waals surface area contributed by atoms with Gasteiger partial charge in [-0.05, 0) is 24.3 Å². The Morgan fingerprint density at radius 2 is 1.70 bits per heavy atom. The lowest BCUT2D eigenvalue weighted by Crippen LogP contribution is -1.97. The van der Waals surface area contributed by atoms with Crippen LogP contribution in [0.4, 0.5) is 0 Å². The molecule has 3 rings (SSSR count). The molecule has 0 N–H and O–H groups in total. The summed E-state index contributed by atoms with van der Waals surface area (Å²) in [5, 5.41) is 0.867. The van der Waals surface area contributed by atoms with Crippen molar-refractivity contribution in [3.63, 3.8) is 0 Å². The summed E-state index contributed by atoms with van der Waals surface area (Å²) in [6.07, 6.45) is 1.65. The summed E-state index contributed by atoms with van der Waals surface area (Å²) in [6.45, 7) is 0. The molecule has 1 heterocycles. The third-order valence-corrected chi connectivity index (χ3v) is 4.43. The predicted molar refractivity (Wildman–Crippen MR) is 85.1 cm³/mol. The minimum atomic E-state index is 0.0113. The van der Waals surface area contributed by atoms with Gasteiger partial charge in [-0.25, -0.2) is 4.98 Å². The fourth-order valence-corrected chi connectivity index (χ4v) is 2.98. The van der Waals surface area contributed by atoms with Gasteiger partial charge >= 0.3 is 0 Å². The number of thiazole rings is 1. The average Bonchev–Trinajstić information content (AvgIpc) is 2.98. The highest BCUT2D eigenvalue weighted by Crippen LogP contribution is 2.26. The van der Waals surface area contributed by atoms with Crippen LogP contribution in [0.25, 0.3) is 10.6 Å². The monoisotopic (exact) mass is 343 g/mol. The number of carbonyl (C=O) groups is 1. The van der Waals surface area contributed by atoms with Crippen molar-refractivity contribution in [3.05, 3.63) is 75.7 Å². The van der Waals surface area contributed by atoms with Crippen molar-refractivity contribution in [1.82, 2.24) is 4.98 Å². The highest BCUT2D eigenvalue weighted by atomic mass is 79.9. The molecule has 0 saturated heterocycles. The van der Waals surface area contributed by atoms with E-state index in [1.165, 1.54) is 11.3 Å². The summed E-state index contributed by atoms with van der Waals surface area (Å²) in [7, 11) is 0. The van der Waals surface area contributed by atoms with Gasteiger partial charge in [0.25, 0.3) is 0 Å².